The first kappa shape index (κ1) is 16.5. The molecule has 1 rings (SSSR count). The third-order valence-corrected chi connectivity index (χ3v) is 3.79. The quantitative estimate of drug-likeness (QED) is 0.853. The van der Waals surface area contributed by atoms with Crippen molar-refractivity contribution in [2.24, 2.45) is 15.2 Å². The molecule has 2 amide bonds. The van der Waals surface area contributed by atoms with E-state index < -0.39 is 22.4 Å². The van der Waals surface area contributed by atoms with Crippen LogP contribution < -0.4 is 10.9 Å². The van der Waals surface area contributed by atoms with Gasteiger partial charge >= 0.3 is 6.03 Å². The number of nitrogens with two attached hydrogens (primary N) is 2. The normalized spacial score (nSPS) is 14.3. The van der Waals surface area contributed by atoms with E-state index in [1.165, 1.54) is 17.0 Å². The zero-order valence-electron chi connectivity index (χ0n) is 10.8. The fraction of sp³-hybridized carbons (Fsp3) is 0.364. The van der Waals surface area contributed by atoms with E-state index in [0.29, 0.717) is 6.54 Å². The van der Waals surface area contributed by atoms with Crippen molar-refractivity contribution in [3.05, 3.63) is 29.8 Å². The SMILES string of the molecule is CN(Cc1ccc(S(N)(=O)=NC(N)=O)cc1)CC(F)F. The van der Waals surface area contributed by atoms with E-state index in [2.05, 4.69) is 4.36 Å². The summed E-state index contributed by atoms with van der Waals surface area (Å²) in [5.41, 5.74) is 5.56. The van der Waals surface area contributed by atoms with E-state index in [-0.39, 0.29) is 11.4 Å². The Morgan fingerprint density at radius 1 is 1.40 bits per heavy atom. The van der Waals surface area contributed by atoms with Crippen molar-refractivity contribution in [2.75, 3.05) is 13.6 Å². The second kappa shape index (κ2) is 6.73. The van der Waals surface area contributed by atoms with Crippen LogP contribution in [0.5, 0.6) is 0 Å². The number of rotatable bonds is 5. The third kappa shape index (κ3) is 5.19. The number of primary amides is 1. The molecule has 112 valence electrons. The molecule has 9 heteroatoms. The molecule has 0 aliphatic carbocycles. The van der Waals surface area contributed by atoms with Gasteiger partial charge in [0.25, 0.3) is 6.43 Å². The van der Waals surface area contributed by atoms with Gasteiger partial charge in [-0.2, -0.15) is 0 Å². The number of benzene rings is 1. The fourth-order valence-electron chi connectivity index (χ4n) is 1.59. The van der Waals surface area contributed by atoms with Crippen LogP contribution in [0.15, 0.2) is 33.5 Å². The Hall–Kier alpha value is -1.58. The summed E-state index contributed by atoms with van der Waals surface area (Å²) in [4.78, 5) is 12.2. The highest BCUT2D eigenvalue weighted by atomic mass is 32.2. The molecule has 1 atom stereocenters. The summed E-state index contributed by atoms with van der Waals surface area (Å²) in [5.74, 6) is 0. The predicted octanol–water partition coefficient (Wildman–Crippen LogP) is 1.16. The number of amides is 2. The molecule has 1 aromatic carbocycles. The molecule has 0 spiro atoms. The first-order valence-electron chi connectivity index (χ1n) is 5.60. The fourth-order valence-corrected chi connectivity index (χ4v) is 2.49. The van der Waals surface area contributed by atoms with E-state index in [1.807, 2.05) is 0 Å². The number of hydrogen-bond acceptors (Lipinski definition) is 3. The Bertz CT molecular complexity index is 583. The van der Waals surface area contributed by atoms with Crippen molar-refractivity contribution >= 4 is 15.9 Å². The van der Waals surface area contributed by atoms with Gasteiger partial charge in [0.2, 0.25) is 0 Å². The van der Waals surface area contributed by atoms with E-state index in [1.54, 1.807) is 19.2 Å². The van der Waals surface area contributed by atoms with Crippen molar-refractivity contribution in [3.63, 3.8) is 0 Å². The van der Waals surface area contributed by atoms with Gasteiger partial charge in [0.05, 0.1) is 11.4 Å². The molecule has 1 aromatic rings. The molecule has 6 nitrogen and oxygen atoms in total. The molecular weight excluding hydrogens is 290 g/mol. The number of halogens is 2. The van der Waals surface area contributed by atoms with Crippen molar-refractivity contribution < 1.29 is 17.8 Å². The number of nitrogens with zero attached hydrogens (tertiary/aromatic N) is 2. The van der Waals surface area contributed by atoms with Crippen LogP contribution in [0.1, 0.15) is 5.56 Å². The molecule has 0 aliphatic rings. The van der Waals surface area contributed by atoms with Crippen LogP contribution in [-0.2, 0) is 16.5 Å². The Balaban J connectivity index is 2.85. The number of carbonyl (C=O) groups excluding carboxylic acids is 1. The van der Waals surface area contributed by atoms with Crippen LogP contribution in [0.2, 0.25) is 0 Å². The number of carbonyl (C=O) groups is 1. The summed E-state index contributed by atoms with van der Waals surface area (Å²) >= 11 is 0. The maximum Gasteiger partial charge on any atom is 0.347 e. The van der Waals surface area contributed by atoms with Gasteiger partial charge in [0.15, 0.2) is 0 Å². The smallest absolute Gasteiger partial charge is 0.347 e. The average Bonchev–Trinajstić information content (AvgIpc) is 2.26. The highest BCUT2D eigenvalue weighted by molar-refractivity contribution is 7.91. The van der Waals surface area contributed by atoms with Crippen LogP contribution in [0.25, 0.3) is 0 Å². The van der Waals surface area contributed by atoms with Gasteiger partial charge in [0.1, 0.15) is 9.92 Å². The minimum absolute atomic E-state index is 0.150. The average molecular weight is 306 g/mol. The van der Waals surface area contributed by atoms with E-state index in [9.17, 15) is 17.8 Å². The molecule has 1 unspecified atom stereocenters. The largest absolute Gasteiger partial charge is 0.349 e. The van der Waals surface area contributed by atoms with Crippen molar-refractivity contribution in [2.45, 2.75) is 17.9 Å². The molecule has 4 N–H and O–H groups in total. The molecule has 0 aliphatic heterocycles. The molecule has 0 aromatic heterocycles. The van der Waals surface area contributed by atoms with E-state index >= 15 is 0 Å². The highest BCUT2D eigenvalue weighted by Gasteiger charge is 2.10. The van der Waals surface area contributed by atoms with Crippen LogP contribution in [0.4, 0.5) is 13.6 Å². The standard InChI is InChI=1S/C11H16F2N4O2S/c1-17(7-10(12)13)6-8-2-4-9(5-3-8)20(15,19)16-11(14)18/h2-5,10H,6-7H2,1H3,(H4,14,15,16,18,19). The molecule has 0 fully saturated rings. The van der Waals surface area contributed by atoms with Crippen LogP contribution >= 0.6 is 0 Å². The lowest BCUT2D eigenvalue weighted by Crippen LogP contribution is -2.24. The van der Waals surface area contributed by atoms with Crippen LogP contribution in [-0.4, -0.2) is 35.2 Å². The van der Waals surface area contributed by atoms with Crippen molar-refractivity contribution in [1.82, 2.24) is 4.90 Å². The van der Waals surface area contributed by atoms with Gasteiger partial charge in [-0.1, -0.05) is 12.1 Å². The van der Waals surface area contributed by atoms with E-state index in [0.717, 1.165) is 5.56 Å². The predicted molar refractivity (Wildman–Crippen MR) is 71.4 cm³/mol. The van der Waals surface area contributed by atoms with Crippen LogP contribution in [0.3, 0.4) is 0 Å². The van der Waals surface area contributed by atoms with Crippen molar-refractivity contribution in [1.29, 1.82) is 0 Å². The summed E-state index contributed by atoms with van der Waals surface area (Å²) in [5, 5.41) is 5.41. The minimum Gasteiger partial charge on any atom is -0.349 e. The Morgan fingerprint density at radius 3 is 2.40 bits per heavy atom. The topological polar surface area (TPSA) is 102 Å². The van der Waals surface area contributed by atoms with E-state index in [4.69, 9.17) is 10.9 Å². The van der Waals surface area contributed by atoms with Gasteiger partial charge in [-0.3, -0.25) is 4.90 Å². The Kier molecular flexibility index (Phi) is 5.54. The maximum absolute atomic E-state index is 12.2. The Labute approximate surface area is 116 Å². The lowest BCUT2D eigenvalue weighted by Gasteiger charge is -2.16. The number of hydrogen-bond donors (Lipinski definition) is 2. The van der Waals surface area contributed by atoms with Gasteiger partial charge in [0, 0.05) is 6.54 Å². The Morgan fingerprint density at radius 2 is 1.95 bits per heavy atom. The van der Waals surface area contributed by atoms with Crippen molar-refractivity contribution in [3.8, 4) is 0 Å². The van der Waals surface area contributed by atoms with Gasteiger partial charge in [-0.15, -0.1) is 4.36 Å². The van der Waals surface area contributed by atoms with Gasteiger partial charge in [-0.05, 0) is 24.7 Å². The minimum atomic E-state index is -3.36. The number of urea groups is 1. The highest BCUT2D eigenvalue weighted by Crippen LogP contribution is 2.12. The molecular formula is C11H16F2N4O2S. The lowest BCUT2D eigenvalue weighted by molar-refractivity contribution is 0.0975. The third-order valence-electron chi connectivity index (χ3n) is 2.39. The van der Waals surface area contributed by atoms with Crippen LogP contribution in [0, 0.1) is 0 Å². The summed E-state index contributed by atoms with van der Waals surface area (Å²) in [7, 11) is -1.79. The zero-order valence-corrected chi connectivity index (χ0v) is 11.6. The second-order valence-electron chi connectivity index (χ2n) is 4.23. The first-order chi connectivity index (χ1) is 9.20. The molecule has 0 saturated heterocycles. The lowest BCUT2D eigenvalue weighted by atomic mass is 10.2. The molecule has 0 heterocycles. The first-order valence-corrected chi connectivity index (χ1v) is 7.18. The second-order valence-corrected chi connectivity index (χ2v) is 6.02. The zero-order chi connectivity index (χ0) is 15.3. The summed E-state index contributed by atoms with van der Waals surface area (Å²) < 4.78 is 39.4. The summed E-state index contributed by atoms with van der Waals surface area (Å²) in [6.45, 7) is -0.0320. The summed E-state index contributed by atoms with van der Waals surface area (Å²) in [6, 6.07) is 4.92. The van der Waals surface area contributed by atoms with Gasteiger partial charge < -0.3 is 5.73 Å². The molecule has 0 bridgehead atoms. The monoisotopic (exact) mass is 306 g/mol. The maximum atomic E-state index is 12.2. The molecule has 0 saturated carbocycles. The summed E-state index contributed by atoms with van der Waals surface area (Å²) in [6.07, 6.45) is -2.41. The van der Waals surface area contributed by atoms with Gasteiger partial charge in [-0.25, -0.2) is 22.9 Å². The molecule has 20 heavy (non-hydrogen) atoms. The molecule has 0 radical (unpaired) electrons. The number of alkyl halides is 2.